The van der Waals surface area contributed by atoms with Gasteiger partial charge in [-0.1, -0.05) is 23.7 Å². The van der Waals surface area contributed by atoms with Crippen LogP contribution in [0, 0.1) is 0 Å². The average molecular weight is 284 g/mol. The molecule has 2 N–H and O–H groups in total. The van der Waals surface area contributed by atoms with E-state index in [4.69, 9.17) is 26.8 Å². The molecule has 3 nitrogen and oxygen atoms in total. The number of hydrogen-bond donors (Lipinski definition) is 1. The topological polar surface area (TPSA) is 44.5 Å². The highest BCUT2D eigenvalue weighted by molar-refractivity contribution is 6.30. The van der Waals surface area contributed by atoms with Crippen LogP contribution in [0.15, 0.2) is 24.3 Å². The SMILES string of the molecule is NCC(CCOC1CCCCO1)c1ccc(Cl)cc1. The van der Waals surface area contributed by atoms with Crippen molar-refractivity contribution in [1.82, 2.24) is 0 Å². The first-order valence-corrected chi connectivity index (χ1v) is 7.36. The van der Waals surface area contributed by atoms with Gasteiger partial charge in [0.05, 0.1) is 6.61 Å². The van der Waals surface area contributed by atoms with Gasteiger partial charge in [0, 0.05) is 11.6 Å². The number of halogens is 1. The second-order valence-electron chi connectivity index (χ2n) is 4.94. The molecule has 1 aromatic carbocycles. The third-order valence-corrected chi connectivity index (χ3v) is 3.79. The Bertz CT molecular complexity index is 363. The third-order valence-electron chi connectivity index (χ3n) is 3.53. The lowest BCUT2D eigenvalue weighted by atomic mass is 9.96. The standard InChI is InChI=1S/C15H22ClNO2/c16-14-6-4-12(5-7-14)13(11-17)8-10-19-15-3-1-2-9-18-15/h4-7,13,15H,1-3,8-11,17H2. The first-order valence-electron chi connectivity index (χ1n) is 6.98. The van der Waals surface area contributed by atoms with Crippen LogP contribution in [0.1, 0.15) is 37.2 Å². The van der Waals surface area contributed by atoms with Crippen LogP contribution >= 0.6 is 11.6 Å². The van der Waals surface area contributed by atoms with Crippen molar-refractivity contribution in [3.63, 3.8) is 0 Å². The van der Waals surface area contributed by atoms with Crippen molar-refractivity contribution in [3.8, 4) is 0 Å². The molecule has 0 aliphatic carbocycles. The fourth-order valence-corrected chi connectivity index (χ4v) is 2.47. The van der Waals surface area contributed by atoms with E-state index >= 15 is 0 Å². The predicted octanol–water partition coefficient (Wildman–Crippen LogP) is 3.32. The van der Waals surface area contributed by atoms with Crippen LogP contribution in [0.3, 0.4) is 0 Å². The molecule has 2 atom stereocenters. The Morgan fingerprint density at radius 3 is 2.74 bits per heavy atom. The van der Waals surface area contributed by atoms with Crippen LogP contribution in [0.5, 0.6) is 0 Å². The van der Waals surface area contributed by atoms with Gasteiger partial charge in [-0.3, -0.25) is 0 Å². The molecule has 0 amide bonds. The van der Waals surface area contributed by atoms with Crippen molar-refractivity contribution < 1.29 is 9.47 Å². The molecule has 0 saturated carbocycles. The minimum absolute atomic E-state index is 0.0163. The lowest BCUT2D eigenvalue weighted by molar-refractivity contribution is -0.163. The second kappa shape index (κ2) is 7.85. The molecule has 0 bridgehead atoms. The highest BCUT2D eigenvalue weighted by Crippen LogP contribution is 2.22. The van der Waals surface area contributed by atoms with E-state index in [1.165, 1.54) is 12.0 Å². The lowest BCUT2D eigenvalue weighted by Gasteiger charge is -2.24. The number of hydrogen-bond acceptors (Lipinski definition) is 3. The molecule has 0 aromatic heterocycles. The molecule has 4 heteroatoms. The Morgan fingerprint density at radius 1 is 1.32 bits per heavy atom. The normalized spacial score (nSPS) is 21.3. The maximum atomic E-state index is 5.89. The summed E-state index contributed by atoms with van der Waals surface area (Å²) in [5.74, 6) is 0.320. The Kier molecular flexibility index (Phi) is 6.11. The van der Waals surface area contributed by atoms with Gasteiger partial charge in [0.25, 0.3) is 0 Å². The van der Waals surface area contributed by atoms with E-state index < -0.39 is 0 Å². The van der Waals surface area contributed by atoms with Gasteiger partial charge in [-0.15, -0.1) is 0 Å². The van der Waals surface area contributed by atoms with Crippen LogP contribution in [0.2, 0.25) is 5.02 Å². The summed E-state index contributed by atoms with van der Waals surface area (Å²) < 4.78 is 11.3. The summed E-state index contributed by atoms with van der Waals surface area (Å²) >= 11 is 5.89. The lowest BCUT2D eigenvalue weighted by Crippen LogP contribution is -2.24. The highest BCUT2D eigenvalue weighted by atomic mass is 35.5. The van der Waals surface area contributed by atoms with Crippen molar-refractivity contribution in [3.05, 3.63) is 34.9 Å². The molecule has 19 heavy (non-hydrogen) atoms. The molecule has 0 spiro atoms. The summed E-state index contributed by atoms with van der Waals surface area (Å²) in [7, 11) is 0. The van der Waals surface area contributed by atoms with Gasteiger partial charge in [-0.25, -0.2) is 0 Å². The number of ether oxygens (including phenoxy) is 2. The molecule has 2 rings (SSSR count). The van der Waals surface area contributed by atoms with E-state index in [1.54, 1.807) is 0 Å². The van der Waals surface area contributed by atoms with Crippen molar-refractivity contribution in [1.29, 1.82) is 0 Å². The van der Waals surface area contributed by atoms with E-state index in [0.717, 1.165) is 30.9 Å². The maximum absolute atomic E-state index is 5.89. The zero-order chi connectivity index (χ0) is 13.5. The third kappa shape index (κ3) is 4.77. The van der Waals surface area contributed by atoms with Gasteiger partial charge >= 0.3 is 0 Å². The Morgan fingerprint density at radius 2 is 2.11 bits per heavy atom. The largest absolute Gasteiger partial charge is 0.353 e. The van der Waals surface area contributed by atoms with Gasteiger partial charge in [-0.2, -0.15) is 0 Å². The van der Waals surface area contributed by atoms with Crippen molar-refractivity contribution in [2.45, 2.75) is 37.9 Å². The van der Waals surface area contributed by atoms with Crippen LogP contribution in [0.4, 0.5) is 0 Å². The molecule has 0 radical (unpaired) electrons. The molecule has 1 aliphatic rings. The maximum Gasteiger partial charge on any atom is 0.157 e. The summed E-state index contributed by atoms with van der Waals surface area (Å²) in [5, 5.41) is 0.756. The molecular weight excluding hydrogens is 262 g/mol. The molecule has 1 aliphatic heterocycles. The van der Waals surface area contributed by atoms with Gasteiger partial charge in [0.15, 0.2) is 6.29 Å². The van der Waals surface area contributed by atoms with E-state index in [0.29, 0.717) is 19.1 Å². The van der Waals surface area contributed by atoms with Crippen LogP contribution in [-0.4, -0.2) is 26.0 Å². The Labute approximate surface area is 120 Å². The quantitative estimate of drug-likeness (QED) is 0.871. The zero-order valence-corrected chi connectivity index (χ0v) is 11.9. The smallest absolute Gasteiger partial charge is 0.157 e. The monoisotopic (exact) mass is 283 g/mol. The number of benzene rings is 1. The van der Waals surface area contributed by atoms with Gasteiger partial charge in [0.1, 0.15) is 0 Å². The summed E-state index contributed by atoms with van der Waals surface area (Å²) in [6, 6.07) is 7.89. The summed E-state index contributed by atoms with van der Waals surface area (Å²) in [4.78, 5) is 0. The Hall–Kier alpha value is -0.610. The first kappa shape index (κ1) is 14.8. The molecule has 106 valence electrons. The van der Waals surface area contributed by atoms with Crippen molar-refractivity contribution in [2.24, 2.45) is 5.73 Å². The zero-order valence-electron chi connectivity index (χ0n) is 11.2. The van der Waals surface area contributed by atoms with Gasteiger partial charge in [-0.05, 0) is 55.8 Å². The summed E-state index contributed by atoms with van der Waals surface area (Å²) in [5.41, 5.74) is 7.06. The predicted molar refractivity (Wildman–Crippen MR) is 77.4 cm³/mol. The molecule has 1 saturated heterocycles. The average Bonchev–Trinajstić information content (AvgIpc) is 2.46. The fourth-order valence-electron chi connectivity index (χ4n) is 2.34. The number of nitrogens with two attached hydrogens (primary N) is 1. The summed E-state index contributed by atoms with van der Waals surface area (Å²) in [6.45, 7) is 2.13. The highest BCUT2D eigenvalue weighted by Gasteiger charge is 2.15. The fraction of sp³-hybridized carbons (Fsp3) is 0.600. The van der Waals surface area contributed by atoms with Crippen molar-refractivity contribution >= 4 is 11.6 Å². The Balaban J connectivity index is 1.77. The minimum atomic E-state index is -0.0163. The second-order valence-corrected chi connectivity index (χ2v) is 5.38. The van der Waals surface area contributed by atoms with E-state index in [1.807, 2.05) is 24.3 Å². The van der Waals surface area contributed by atoms with Crippen LogP contribution < -0.4 is 5.73 Å². The molecule has 1 fully saturated rings. The first-order chi connectivity index (χ1) is 9.29. The number of rotatable bonds is 6. The van der Waals surface area contributed by atoms with E-state index in [9.17, 15) is 0 Å². The molecule has 1 aromatic rings. The van der Waals surface area contributed by atoms with Crippen LogP contribution in [-0.2, 0) is 9.47 Å². The summed E-state index contributed by atoms with van der Waals surface area (Å²) in [6.07, 6.45) is 4.25. The van der Waals surface area contributed by atoms with E-state index in [2.05, 4.69) is 0 Å². The van der Waals surface area contributed by atoms with Gasteiger partial charge < -0.3 is 15.2 Å². The van der Waals surface area contributed by atoms with Gasteiger partial charge in [0.2, 0.25) is 0 Å². The molecular formula is C15H22ClNO2. The van der Waals surface area contributed by atoms with Crippen LogP contribution in [0.25, 0.3) is 0 Å². The minimum Gasteiger partial charge on any atom is -0.353 e. The molecule has 1 heterocycles. The molecule has 2 unspecified atom stereocenters. The van der Waals surface area contributed by atoms with Crippen molar-refractivity contribution in [2.75, 3.05) is 19.8 Å². The van der Waals surface area contributed by atoms with E-state index in [-0.39, 0.29) is 6.29 Å².